The molecule has 1 saturated heterocycles. The molecule has 126 valence electrons. The number of nitrogens with one attached hydrogen (secondary N) is 1. The van der Waals surface area contributed by atoms with E-state index in [1.165, 1.54) is 22.7 Å². The van der Waals surface area contributed by atoms with E-state index in [0.717, 1.165) is 10.7 Å². The van der Waals surface area contributed by atoms with Crippen molar-refractivity contribution in [3.63, 3.8) is 0 Å². The van der Waals surface area contributed by atoms with Crippen LogP contribution in [-0.4, -0.2) is 28.6 Å². The Morgan fingerprint density at radius 3 is 2.76 bits per heavy atom. The zero-order valence-electron chi connectivity index (χ0n) is 13.1. The molecular formula is C17H14N4O2S2. The summed E-state index contributed by atoms with van der Waals surface area (Å²) in [5.41, 5.74) is 0.894. The van der Waals surface area contributed by atoms with Crippen molar-refractivity contribution in [3.05, 3.63) is 57.7 Å². The summed E-state index contributed by atoms with van der Waals surface area (Å²) >= 11 is 2.70. The largest absolute Gasteiger partial charge is 0.312 e. The molecule has 1 unspecified atom stereocenters. The number of hydrogen-bond donors (Lipinski definition) is 1. The van der Waals surface area contributed by atoms with E-state index in [0.29, 0.717) is 23.0 Å². The van der Waals surface area contributed by atoms with Crippen LogP contribution in [0, 0.1) is 0 Å². The van der Waals surface area contributed by atoms with Gasteiger partial charge in [0, 0.05) is 24.6 Å². The number of para-hydroxylation sites is 1. The summed E-state index contributed by atoms with van der Waals surface area (Å²) < 4.78 is 0. The van der Waals surface area contributed by atoms with Crippen LogP contribution in [0.25, 0.3) is 0 Å². The van der Waals surface area contributed by atoms with E-state index in [-0.39, 0.29) is 17.7 Å². The third kappa shape index (κ3) is 3.31. The highest BCUT2D eigenvalue weighted by Crippen LogP contribution is 2.34. The summed E-state index contributed by atoms with van der Waals surface area (Å²) in [4.78, 5) is 26.8. The summed E-state index contributed by atoms with van der Waals surface area (Å²) in [7, 11) is 0. The fraction of sp³-hybridized carbons (Fsp3) is 0.176. The maximum atomic E-state index is 12.3. The van der Waals surface area contributed by atoms with Crippen LogP contribution in [0.5, 0.6) is 0 Å². The number of nitrogens with zero attached hydrogens (tertiary/aromatic N) is 3. The average Bonchev–Trinajstić information content (AvgIpc) is 3.36. The molecule has 1 atom stereocenters. The fourth-order valence-corrected chi connectivity index (χ4v) is 4.20. The van der Waals surface area contributed by atoms with Gasteiger partial charge in [-0.25, -0.2) is 0 Å². The van der Waals surface area contributed by atoms with E-state index in [4.69, 9.17) is 0 Å². The number of aromatic nitrogens is 2. The highest BCUT2D eigenvalue weighted by atomic mass is 32.1. The minimum Gasteiger partial charge on any atom is -0.312 e. The molecule has 0 bridgehead atoms. The van der Waals surface area contributed by atoms with Gasteiger partial charge in [0.15, 0.2) is 0 Å². The number of carbonyl (C=O) groups excluding carboxylic acids is 2. The Morgan fingerprint density at radius 1 is 1.16 bits per heavy atom. The van der Waals surface area contributed by atoms with Crippen molar-refractivity contribution in [2.45, 2.75) is 12.3 Å². The van der Waals surface area contributed by atoms with Crippen molar-refractivity contribution >= 4 is 45.3 Å². The molecule has 4 rings (SSSR count). The predicted molar refractivity (Wildman–Crippen MR) is 98.3 cm³/mol. The van der Waals surface area contributed by atoms with Crippen molar-refractivity contribution in [1.29, 1.82) is 0 Å². The third-order valence-electron chi connectivity index (χ3n) is 3.95. The summed E-state index contributed by atoms with van der Waals surface area (Å²) in [6.07, 6.45) is 0.405. The van der Waals surface area contributed by atoms with E-state index in [1.807, 2.05) is 41.8 Å². The van der Waals surface area contributed by atoms with Gasteiger partial charge < -0.3 is 4.90 Å². The number of carbonyl (C=O) groups is 2. The molecule has 1 N–H and O–H groups in total. The molecule has 8 heteroatoms. The van der Waals surface area contributed by atoms with Crippen molar-refractivity contribution in [1.82, 2.24) is 10.2 Å². The van der Waals surface area contributed by atoms with Crippen molar-refractivity contribution in [2.75, 3.05) is 16.8 Å². The summed E-state index contributed by atoms with van der Waals surface area (Å²) in [5, 5.41) is 14.1. The van der Waals surface area contributed by atoms with Crippen LogP contribution in [0.15, 0.2) is 47.8 Å². The Bertz CT molecular complexity index is 893. The van der Waals surface area contributed by atoms with Crippen LogP contribution in [0.3, 0.4) is 0 Å². The third-order valence-corrected chi connectivity index (χ3v) is 5.82. The highest BCUT2D eigenvalue weighted by Gasteiger charge is 2.33. The van der Waals surface area contributed by atoms with Gasteiger partial charge in [-0.3, -0.25) is 14.9 Å². The van der Waals surface area contributed by atoms with E-state index in [1.54, 1.807) is 11.0 Å². The highest BCUT2D eigenvalue weighted by molar-refractivity contribution is 7.15. The normalized spacial score (nSPS) is 17.0. The monoisotopic (exact) mass is 370 g/mol. The quantitative estimate of drug-likeness (QED) is 0.764. The Balaban J connectivity index is 1.46. The molecule has 25 heavy (non-hydrogen) atoms. The van der Waals surface area contributed by atoms with E-state index >= 15 is 0 Å². The minimum absolute atomic E-state index is 0.00223. The lowest BCUT2D eigenvalue weighted by atomic mass is 10.1. The van der Waals surface area contributed by atoms with Gasteiger partial charge in [0.2, 0.25) is 11.0 Å². The lowest BCUT2D eigenvalue weighted by Gasteiger charge is -2.15. The molecule has 1 fully saturated rings. The Labute approximate surface area is 152 Å². The second kappa shape index (κ2) is 6.73. The maximum absolute atomic E-state index is 12.3. The van der Waals surface area contributed by atoms with Gasteiger partial charge in [0.05, 0.1) is 4.88 Å². The predicted octanol–water partition coefficient (Wildman–Crippen LogP) is 3.37. The van der Waals surface area contributed by atoms with E-state index in [9.17, 15) is 9.59 Å². The first kappa shape index (κ1) is 15.9. The fourth-order valence-electron chi connectivity index (χ4n) is 2.75. The summed E-state index contributed by atoms with van der Waals surface area (Å²) in [6.45, 7) is 0.580. The van der Waals surface area contributed by atoms with Crippen LogP contribution >= 0.6 is 22.7 Å². The second-order valence-corrected chi connectivity index (χ2v) is 7.57. The van der Waals surface area contributed by atoms with Gasteiger partial charge in [0.1, 0.15) is 5.01 Å². The first-order valence-corrected chi connectivity index (χ1v) is 9.44. The van der Waals surface area contributed by atoms with Crippen molar-refractivity contribution in [2.24, 2.45) is 0 Å². The number of benzene rings is 1. The Hall–Kier alpha value is -2.58. The van der Waals surface area contributed by atoms with Gasteiger partial charge in [-0.05, 0) is 23.6 Å². The zero-order valence-corrected chi connectivity index (χ0v) is 14.7. The van der Waals surface area contributed by atoms with Gasteiger partial charge >= 0.3 is 0 Å². The van der Waals surface area contributed by atoms with Crippen LogP contribution in [-0.2, 0) is 4.79 Å². The SMILES string of the molecule is O=C(Nc1nnc(C2CC(=O)N(c3ccccc3)C2)s1)c1cccs1. The Morgan fingerprint density at radius 2 is 2.00 bits per heavy atom. The van der Waals surface area contributed by atoms with Gasteiger partial charge in [-0.1, -0.05) is 35.6 Å². The average molecular weight is 370 g/mol. The molecule has 0 spiro atoms. The van der Waals surface area contributed by atoms with Gasteiger partial charge in [-0.2, -0.15) is 0 Å². The standard InChI is InChI=1S/C17H14N4O2S2/c22-14-9-11(10-21(14)12-5-2-1-3-6-12)16-19-20-17(25-16)18-15(23)13-7-4-8-24-13/h1-8,11H,9-10H2,(H,18,20,23). The topological polar surface area (TPSA) is 75.2 Å². The van der Waals surface area contributed by atoms with Gasteiger partial charge in [0.25, 0.3) is 5.91 Å². The summed E-state index contributed by atoms with van der Waals surface area (Å²) in [5.74, 6) is -0.112. The molecule has 0 aliphatic carbocycles. The van der Waals surface area contributed by atoms with Crippen LogP contribution in [0.4, 0.5) is 10.8 Å². The number of amides is 2. The molecule has 0 radical (unpaired) electrons. The number of anilines is 2. The zero-order chi connectivity index (χ0) is 17.2. The maximum Gasteiger partial charge on any atom is 0.267 e. The van der Waals surface area contributed by atoms with Crippen LogP contribution in [0.2, 0.25) is 0 Å². The van der Waals surface area contributed by atoms with Crippen molar-refractivity contribution < 1.29 is 9.59 Å². The molecule has 1 aromatic carbocycles. The molecule has 2 amide bonds. The lowest BCUT2D eigenvalue weighted by Crippen LogP contribution is -2.24. The molecule has 6 nitrogen and oxygen atoms in total. The number of hydrogen-bond acceptors (Lipinski definition) is 6. The first-order chi connectivity index (χ1) is 12.2. The minimum atomic E-state index is -0.189. The number of rotatable bonds is 4. The second-order valence-electron chi connectivity index (χ2n) is 5.62. The number of thiophene rings is 1. The van der Waals surface area contributed by atoms with Gasteiger partial charge in [-0.15, -0.1) is 21.5 Å². The van der Waals surface area contributed by atoms with E-state index in [2.05, 4.69) is 15.5 Å². The first-order valence-electron chi connectivity index (χ1n) is 7.74. The van der Waals surface area contributed by atoms with Crippen LogP contribution < -0.4 is 10.2 Å². The summed E-state index contributed by atoms with van der Waals surface area (Å²) in [6, 6.07) is 13.2. The molecule has 1 aliphatic rings. The molecule has 3 heterocycles. The molecule has 1 aliphatic heterocycles. The molecule has 2 aromatic heterocycles. The lowest BCUT2D eigenvalue weighted by molar-refractivity contribution is -0.117. The Kier molecular flexibility index (Phi) is 4.29. The van der Waals surface area contributed by atoms with Crippen LogP contribution in [0.1, 0.15) is 27.0 Å². The molecular weight excluding hydrogens is 356 g/mol. The smallest absolute Gasteiger partial charge is 0.267 e. The molecule has 3 aromatic rings. The van der Waals surface area contributed by atoms with Crippen molar-refractivity contribution in [3.8, 4) is 0 Å². The molecule has 0 saturated carbocycles. The van der Waals surface area contributed by atoms with E-state index < -0.39 is 0 Å².